The van der Waals surface area contributed by atoms with Crippen molar-refractivity contribution in [3.63, 3.8) is 0 Å². The molecule has 0 saturated carbocycles. The number of nitrogen functional groups attached to an aromatic ring is 1. The molecule has 0 spiro atoms. The van der Waals surface area contributed by atoms with E-state index in [2.05, 4.69) is 41.0 Å². The molecule has 0 atom stereocenters. The van der Waals surface area contributed by atoms with Gasteiger partial charge in [-0.25, -0.2) is 4.98 Å². The van der Waals surface area contributed by atoms with E-state index in [-0.39, 0.29) is 11.3 Å². The molecule has 5 heteroatoms. The summed E-state index contributed by atoms with van der Waals surface area (Å²) in [5, 5.41) is 2.95. The first-order valence-electron chi connectivity index (χ1n) is 7.86. The van der Waals surface area contributed by atoms with Gasteiger partial charge in [-0.15, -0.1) is 0 Å². The number of pyridine rings is 2. The van der Waals surface area contributed by atoms with Crippen molar-refractivity contribution in [2.45, 2.75) is 27.2 Å². The Balaban J connectivity index is 1.97. The number of carbonyl (C=O) groups excluding carboxylic acids is 1. The van der Waals surface area contributed by atoms with E-state index in [9.17, 15) is 4.79 Å². The molecule has 122 valence electrons. The molecule has 2 aromatic heterocycles. The Hall–Kier alpha value is -2.87. The summed E-state index contributed by atoms with van der Waals surface area (Å²) >= 11 is 0. The highest BCUT2D eigenvalue weighted by Crippen LogP contribution is 2.25. The zero-order chi connectivity index (χ0) is 17.3. The predicted octanol–water partition coefficient (Wildman–Crippen LogP) is 2.08. The Morgan fingerprint density at radius 2 is 2.08 bits per heavy atom. The summed E-state index contributed by atoms with van der Waals surface area (Å²) in [6.45, 7) is 6.75. The summed E-state index contributed by atoms with van der Waals surface area (Å²) in [6.07, 6.45) is 2.45. The first-order valence-corrected chi connectivity index (χ1v) is 7.86. The molecule has 0 saturated heterocycles. The summed E-state index contributed by atoms with van der Waals surface area (Å²) in [5.74, 6) is 5.87. The normalized spacial score (nSPS) is 15.5. The maximum Gasteiger partial charge on any atom is 0.253 e. The van der Waals surface area contributed by atoms with Crippen LogP contribution in [0.3, 0.4) is 0 Å². The van der Waals surface area contributed by atoms with Crippen molar-refractivity contribution in [3.05, 3.63) is 52.6 Å². The lowest BCUT2D eigenvalue weighted by molar-refractivity contribution is 0.0944. The van der Waals surface area contributed by atoms with Gasteiger partial charge in [-0.1, -0.05) is 19.8 Å². The number of nitrogens with zero attached hydrogens (tertiary/aromatic N) is 2. The second-order valence-corrected chi connectivity index (χ2v) is 6.88. The van der Waals surface area contributed by atoms with Gasteiger partial charge in [0, 0.05) is 24.0 Å². The fourth-order valence-electron chi connectivity index (χ4n) is 2.63. The van der Waals surface area contributed by atoms with Crippen molar-refractivity contribution in [1.29, 1.82) is 0 Å². The molecule has 0 radical (unpaired) electrons. The van der Waals surface area contributed by atoms with Crippen LogP contribution in [-0.2, 0) is 6.42 Å². The van der Waals surface area contributed by atoms with Crippen molar-refractivity contribution in [2.24, 2.45) is 5.41 Å². The van der Waals surface area contributed by atoms with E-state index >= 15 is 0 Å². The molecule has 0 bridgehead atoms. The van der Waals surface area contributed by atoms with Gasteiger partial charge in [-0.05, 0) is 42.9 Å². The monoisotopic (exact) mass is 320 g/mol. The molecule has 1 amide bonds. The minimum absolute atomic E-state index is 0.0129. The Bertz CT molecular complexity index is 875. The van der Waals surface area contributed by atoms with E-state index in [1.807, 2.05) is 13.0 Å². The molecule has 3 N–H and O–H groups in total. The lowest BCUT2D eigenvalue weighted by Crippen LogP contribution is -2.31. The number of hydrogen-bond donors (Lipinski definition) is 2. The maximum atomic E-state index is 12.3. The molecule has 3 rings (SSSR count). The van der Waals surface area contributed by atoms with Crippen LogP contribution in [0.4, 0.5) is 5.69 Å². The Morgan fingerprint density at radius 3 is 2.88 bits per heavy atom. The van der Waals surface area contributed by atoms with Crippen LogP contribution >= 0.6 is 0 Å². The van der Waals surface area contributed by atoms with Crippen LogP contribution < -0.4 is 11.1 Å². The molecular formula is C19H20N4O. The third-order valence-electron chi connectivity index (χ3n) is 3.98. The van der Waals surface area contributed by atoms with Crippen molar-refractivity contribution in [2.75, 3.05) is 12.3 Å². The Kier molecular flexibility index (Phi) is 3.98. The van der Waals surface area contributed by atoms with E-state index in [0.717, 1.165) is 17.8 Å². The minimum atomic E-state index is -0.0973. The lowest BCUT2D eigenvalue weighted by Gasteiger charge is -2.21. The highest BCUT2D eigenvalue weighted by molar-refractivity contribution is 5.96. The topological polar surface area (TPSA) is 80.9 Å². The van der Waals surface area contributed by atoms with Crippen molar-refractivity contribution in [1.82, 2.24) is 15.3 Å². The third kappa shape index (κ3) is 3.38. The van der Waals surface area contributed by atoms with E-state index < -0.39 is 0 Å². The smallest absolute Gasteiger partial charge is 0.253 e. The molecule has 1 aliphatic rings. The number of anilines is 1. The number of carbonyl (C=O) groups is 1. The molecule has 2 aromatic rings. The van der Waals surface area contributed by atoms with Gasteiger partial charge in [0.1, 0.15) is 5.69 Å². The Morgan fingerprint density at radius 1 is 1.29 bits per heavy atom. The summed E-state index contributed by atoms with van der Waals surface area (Å²) in [6, 6.07) is 5.42. The van der Waals surface area contributed by atoms with Gasteiger partial charge in [-0.2, -0.15) is 0 Å². The Labute approximate surface area is 141 Å². The largest absolute Gasteiger partial charge is 0.396 e. The molecule has 0 aliphatic carbocycles. The fraction of sp³-hybridized carbons (Fsp3) is 0.316. The van der Waals surface area contributed by atoms with Gasteiger partial charge >= 0.3 is 0 Å². The SMILES string of the molecule is Cc1ccc(N)c(C#Cc2cnc3c(c2)C(=O)NCC(C)(C)C3)n1. The number of hydrogen-bond acceptors (Lipinski definition) is 4. The van der Waals surface area contributed by atoms with E-state index in [1.165, 1.54) is 0 Å². The van der Waals surface area contributed by atoms with Gasteiger partial charge in [0.25, 0.3) is 5.91 Å². The number of rotatable bonds is 0. The standard InChI is InChI=1S/C19H20N4O/c1-12-4-6-15(20)16(23-12)7-5-13-8-14-17(21-10-13)9-19(2,3)11-22-18(14)24/h4,6,8,10H,9,11,20H2,1-3H3,(H,22,24). The van der Waals surface area contributed by atoms with Crippen LogP contribution in [0.1, 0.15) is 46.9 Å². The van der Waals surface area contributed by atoms with E-state index in [1.54, 1.807) is 18.3 Å². The molecular weight excluding hydrogens is 300 g/mol. The number of nitrogens with one attached hydrogen (secondary N) is 1. The minimum Gasteiger partial charge on any atom is -0.396 e. The van der Waals surface area contributed by atoms with Crippen LogP contribution in [-0.4, -0.2) is 22.4 Å². The lowest BCUT2D eigenvalue weighted by atomic mass is 9.87. The first kappa shape index (κ1) is 16.0. The molecule has 0 unspecified atom stereocenters. The van der Waals surface area contributed by atoms with Gasteiger partial charge in [0.15, 0.2) is 0 Å². The predicted molar refractivity (Wildman–Crippen MR) is 93.4 cm³/mol. The third-order valence-corrected chi connectivity index (χ3v) is 3.98. The number of amides is 1. The van der Waals surface area contributed by atoms with Crippen LogP contribution in [0.5, 0.6) is 0 Å². The number of fused-ring (bicyclic) bond motifs is 1. The number of aryl methyl sites for hydroxylation is 1. The van der Waals surface area contributed by atoms with E-state index in [4.69, 9.17) is 5.73 Å². The average Bonchev–Trinajstić information content (AvgIpc) is 2.65. The number of nitrogens with two attached hydrogens (primary N) is 1. The molecule has 24 heavy (non-hydrogen) atoms. The van der Waals surface area contributed by atoms with Crippen LogP contribution in [0.2, 0.25) is 0 Å². The summed E-state index contributed by atoms with van der Waals surface area (Å²) in [4.78, 5) is 21.1. The quantitative estimate of drug-likeness (QED) is 0.728. The summed E-state index contributed by atoms with van der Waals surface area (Å²) < 4.78 is 0. The van der Waals surface area contributed by atoms with Crippen molar-refractivity contribution >= 4 is 11.6 Å². The van der Waals surface area contributed by atoms with Crippen LogP contribution in [0.25, 0.3) is 0 Å². The van der Waals surface area contributed by atoms with E-state index in [0.29, 0.717) is 29.1 Å². The summed E-state index contributed by atoms with van der Waals surface area (Å²) in [7, 11) is 0. The first-order chi connectivity index (χ1) is 11.3. The molecule has 1 aliphatic heterocycles. The van der Waals surface area contributed by atoms with Crippen molar-refractivity contribution in [3.8, 4) is 11.8 Å². The highest BCUT2D eigenvalue weighted by Gasteiger charge is 2.27. The number of aromatic nitrogens is 2. The zero-order valence-electron chi connectivity index (χ0n) is 14.1. The zero-order valence-corrected chi connectivity index (χ0v) is 14.1. The molecule has 0 fully saturated rings. The molecule has 0 aromatic carbocycles. The average molecular weight is 320 g/mol. The molecule has 3 heterocycles. The second-order valence-electron chi connectivity index (χ2n) is 6.88. The van der Waals surface area contributed by atoms with Crippen LogP contribution in [0.15, 0.2) is 24.4 Å². The van der Waals surface area contributed by atoms with Crippen LogP contribution in [0, 0.1) is 24.2 Å². The molecule has 5 nitrogen and oxygen atoms in total. The van der Waals surface area contributed by atoms with Gasteiger partial charge in [0.2, 0.25) is 0 Å². The second kappa shape index (κ2) is 5.97. The highest BCUT2D eigenvalue weighted by atomic mass is 16.1. The van der Waals surface area contributed by atoms with Crippen molar-refractivity contribution < 1.29 is 4.79 Å². The fourth-order valence-corrected chi connectivity index (χ4v) is 2.63. The maximum absolute atomic E-state index is 12.3. The van der Waals surface area contributed by atoms with Gasteiger partial charge in [0.05, 0.1) is 16.9 Å². The van der Waals surface area contributed by atoms with Gasteiger partial charge in [-0.3, -0.25) is 9.78 Å². The van der Waals surface area contributed by atoms with Gasteiger partial charge < -0.3 is 11.1 Å². The summed E-state index contributed by atoms with van der Waals surface area (Å²) in [5.41, 5.74) is 9.89.